The molecule has 0 atom stereocenters. The number of hydrogen-bond donors (Lipinski definition) is 0. The lowest BCUT2D eigenvalue weighted by Gasteiger charge is -2.12. The molecule has 0 fully saturated rings. The van der Waals surface area contributed by atoms with Crippen LogP contribution in [0.5, 0.6) is 5.75 Å². The van der Waals surface area contributed by atoms with Gasteiger partial charge < -0.3 is 4.74 Å². The van der Waals surface area contributed by atoms with E-state index in [9.17, 15) is 0 Å². The molecule has 5 rings (SSSR count). The normalized spacial score (nSPS) is 11.6. The van der Waals surface area contributed by atoms with Gasteiger partial charge in [-0.25, -0.2) is 0 Å². The van der Waals surface area contributed by atoms with Gasteiger partial charge in [0.2, 0.25) is 0 Å². The third kappa shape index (κ3) is 2.21. The van der Waals surface area contributed by atoms with E-state index in [-0.39, 0.29) is 0 Å². The first-order valence-corrected chi connectivity index (χ1v) is 9.05. The lowest BCUT2D eigenvalue weighted by Crippen LogP contribution is -1.86. The highest BCUT2D eigenvalue weighted by Crippen LogP contribution is 2.38. The molecule has 1 nitrogen and oxygen atoms in total. The van der Waals surface area contributed by atoms with E-state index in [1.807, 2.05) is 6.07 Å². The average Bonchev–Trinajstić information content (AvgIpc) is 2.66. The Morgan fingerprint density at radius 2 is 1.08 bits per heavy atom. The summed E-state index contributed by atoms with van der Waals surface area (Å²) in [6.07, 6.45) is 0. The number of ether oxygens (including phenoxy) is 1. The predicted molar refractivity (Wildman–Crippen MR) is 111 cm³/mol. The fourth-order valence-electron chi connectivity index (χ4n) is 3.77. The van der Waals surface area contributed by atoms with Gasteiger partial charge in [0.15, 0.2) is 0 Å². The Hall–Kier alpha value is -2.58. The second kappa shape index (κ2) is 5.47. The number of methoxy groups -OCH3 is 1. The molecule has 0 unspecified atom stereocenters. The number of halogens is 1. The van der Waals surface area contributed by atoms with Crippen molar-refractivity contribution >= 4 is 59.0 Å². The molecule has 25 heavy (non-hydrogen) atoms. The summed E-state index contributed by atoms with van der Waals surface area (Å²) >= 11 is 3.63. The Balaban J connectivity index is 2.12. The van der Waals surface area contributed by atoms with Crippen LogP contribution in [0.3, 0.4) is 0 Å². The fraction of sp³-hybridized carbons (Fsp3) is 0.0435. The molecule has 0 aliphatic heterocycles. The van der Waals surface area contributed by atoms with Crippen LogP contribution in [0.1, 0.15) is 0 Å². The zero-order valence-corrected chi connectivity index (χ0v) is 15.3. The van der Waals surface area contributed by atoms with Gasteiger partial charge in [-0.15, -0.1) is 0 Å². The standard InChI is InChI=1S/C23H15BrO/c1-25-19-11-9-15-3-5-17-7-6-16-4-2-14-8-10-18(24)12-20(14)22(16)23(17)21(15)13-19/h2-13H,1H3. The quantitative estimate of drug-likeness (QED) is 0.280. The molecule has 0 aliphatic carbocycles. The minimum atomic E-state index is 0.887. The van der Waals surface area contributed by atoms with E-state index < -0.39 is 0 Å². The van der Waals surface area contributed by atoms with Crippen molar-refractivity contribution in [1.82, 2.24) is 0 Å². The van der Waals surface area contributed by atoms with Crippen LogP contribution >= 0.6 is 15.9 Å². The molecule has 0 spiro atoms. The van der Waals surface area contributed by atoms with Gasteiger partial charge in [-0.1, -0.05) is 64.5 Å². The van der Waals surface area contributed by atoms with Gasteiger partial charge in [0.1, 0.15) is 5.75 Å². The molecule has 0 heterocycles. The van der Waals surface area contributed by atoms with E-state index in [0.717, 1.165) is 10.2 Å². The molecule has 0 aliphatic rings. The summed E-state index contributed by atoms with van der Waals surface area (Å²) < 4.78 is 6.58. The van der Waals surface area contributed by atoms with Crippen molar-refractivity contribution in [3.05, 3.63) is 77.3 Å². The molecule has 120 valence electrons. The maximum atomic E-state index is 5.48. The van der Waals surface area contributed by atoms with Crippen molar-refractivity contribution < 1.29 is 4.74 Å². The van der Waals surface area contributed by atoms with Gasteiger partial charge in [-0.05, 0) is 67.4 Å². The molecule has 0 amide bonds. The van der Waals surface area contributed by atoms with Gasteiger partial charge in [-0.2, -0.15) is 0 Å². The molecule has 0 bridgehead atoms. The van der Waals surface area contributed by atoms with Crippen molar-refractivity contribution in [2.75, 3.05) is 7.11 Å². The minimum Gasteiger partial charge on any atom is -0.497 e. The van der Waals surface area contributed by atoms with Crippen LogP contribution in [0.4, 0.5) is 0 Å². The van der Waals surface area contributed by atoms with Crippen molar-refractivity contribution in [2.24, 2.45) is 0 Å². The van der Waals surface area contributed by atoms with Gasteiger partial charge in [0.25, 0.3) is 0 Å². The molecule has 0 saturated carbocycles. The summed E-state index contributed by atoms with van der Waals surface area (Å²) in [4.78, 5) is 0. The van der Waals surface area contributed by atoms with E-state index in [0.29, 0.717) is 0 Å². The topological polar surface area (TPSA) is 9.23 Å². The van der Waals surface area contributed by atoms with Crippen LogP contribution in [0.25, 0.3) is 43.1 Å². The fourth-order valence-corrected chi connectivity index (χ4v) is 4.13. The summed E-state index contributed by atoms with van der Waals surface area (Å²) in [5.41, 5.74) is 0. The van der Waals surface area contributed by atoms with Crippen molar-refractivity contribution in [1.29, 1.82) is 0 Å². The number of hydrogen-bond acceptors (Lipinski definition) is 1. The first-order chi connectivity index (χ1) is 12.2. The first-order valence-electron chi connectivity index (χ1n) is 8.26. The Morgan fingerprint density at radius 3 is 1.68 bits per heavy atom. The second-order valence-corrected chi connectivity index (χ2v) is 7.26. The van der Waals surface area contributed by atoms with Crippen LogP contribution in [0, 0.1) is 0 Å². The molecular weight excluding hydrogens is 372 g/mol. The van der Waals surface area contributed by atoms with E-state index >= 15 is 0 Å². The monoisotopic (exact) mass is 386 g/mol. The molecule has 0 N–H and O–H groups in total. The highest BCUT2D eigenvalue weighted by atomic mass is 79.9. The molecular formula is C23H15BrO. The van der Waals surface area contributed by atoms with E-state index in [4.69, 9.17) is 4.74 Å². The third-order valence-corrected chi connectivity index (χ3v) is 5.46. The van der Waals surface area contributed by atoms with Crippen molar-refractivity contribution in [3.63, 3.8) is 0 Å². The maximum Gasteiger partial charge on any atom is 0.119 e. The second-order valence-electron chi connectivity index (χ2n) is 6.35. The molecule has 5 aromatic rings. The number of fused-ring (bicyclic) bond motifs is 7. The summed E-state index contributed by atoms with van der Waals surface area (Å²) in [6, 6.07) is 26.0. The summed E-state index contributed by atoms with van der Waals surface area (Å²) in [5.74, 6) is 0.887. The van der Waals surface area contributed by atoms with E-state index in [2.05, 4.69) is 82.7 Å². The smallest absolute Gasteiger partial charge is 0.119 e. The van der Waals surface area contributed by atoms with Crippen molar-refractivity contribution in [2.45, 2.75) is 0 Å². The van der Waals surface area contributed by atoms with Gasteiger partial charge in [-0.3, -0.25) is 0 Å². The largest absolute Gasteiger partial charge is 0.497 e. The predicted octanol–water partition coefficient (Wildman–Crippen LogP) is 7.07. The van der Waals surface area contributed by atoms with Crippen LogP contribution in [0.2, 0.25) is 0 Å². The Labute approximate surface area is 154 Å². The first kappa shape index (κ1) is 14.7. The van der Waals surface area contributed by atoms with Gasteiger partial charge in [0.05, 0.1) is 7.11 Å². The Bertz CT molecular complexity index is 1280. The van der Waals surface area contributed by atoms with Crippen LogP contribution in [0.15, 0.2) is 77.3 Å². The zero-order chi connectivity index (χ0) is 17.0. The van der Waals surface area contributed by atoms with Crippen molar-refractivity contribution in [3.8, 4) is 5.75 Å². The average molecular weight is 387 g/mol. The molecule has 0 aromatic heterocycles. The van der Waals surface area contributed by atoms with Crippen LogP contribution in [-0.4, -0.2) is 7.11 Å². The highest BCUT2D eigenvalue weighted by molar-refractivity contribution is 9.10. The molecule has 5 aromatic carbocycles. The summed E-state index contributed by atoms with van der Waals surface area (Å²) in [7, 11) is 1.72. The van der Waals surface area contributed by atoms with Gasteiger partial charge in [0, 0.05) is 4.47 Å². The molecule has 0 radical (unpaired) electrons. The molecule has 2 heteroatoms. The summed E-state index contributed by atoms with van der Waals surface area (Å²) in [5, 5.41) is 10.1. The van der Waals surface area contributed by atoms with Crippen LogP contribution < -0.4 is 4.74 Å². The van der Waals surface area contributed by atoms with Crippen LogP contribution in [-0.2, 0) is 0 Å². The van der Waals surface area contributed by atoms with E-state index in [1.54, 1.807) is 7.11 Å². The zero-order valence-electron chi connectivity index (χ0n) is 13.7. The number of benzene rings is 5. The Kier molecular flexibility index (Phi) is 3.22. The maximum absolute atomic E-state index is 5.48. The third-order valence-electron chi connectivity index (χ3n) is 4.97. The SMILES string of the molecule is COc1ccc2ccc3ccc4ccc5ccc(Br)cc5c4c3c2c1. The minimum absolute atomic E-state index is 0.887. The lowest BCUT2D eigenvalue weighted by atomic mass is 9.93. The van der Waals surface area contributed by atoms with E-state index in [1.165, 1.54) is 43.1 Å². The number of rotatable bonds is 1. The lowest BCUT2D eigenvalue weighted by molar-refractivity contribution is 0.415. The highest BCUT2D eigenvalue weighted by Gasteiger charge is 2.10. The summed E-state index contributed by atoms with van der Waals surface area (Å²) in [6.45, 7) is 0. The molecule has 0 saturated heterocycles. The Morgan fingerprint density at radius 1 is 0.600 bits per heavy atom. The van der Waals surface area contributed by atoms with Gasteiger partial charge >= 0.3 is 0 Å².